The quantitative estimate of drug-likeness (QED) is 0.852. The second-order valence-corrected chi connectivity index (χ2v) is 8.70. The van der Waals surface area contributed by atoms with Gasteiger partial charge in [-0.25, -0.2) is 12.8 Å². The molecule has 3 atom stereocenters. The molecule has 0 amide bonds. The van der Waals surface area contributed by atoms with Gasteiger partial charge in [0.15, 0.2) is 0 Å². The van der Waals surface area contributed by atoms with Crippen LogP contribution < -0.4 is 0 Å². The first kappa shape index (κ1) is 15.9. The molecule has 1 aromatic rings. The van der Waals surface area contributed by atoms with Crippen molar-refractivity contribution in [2.24, 2.45) is 11.8 Å². The van der Waals surface area contributed by atoms with E-state index in [1.807, 2.05) is 0 Å². The van der Waals surface area contributed by atoms with Crippen molar-refractivity contribution in [3.05, 3.63) is 35.6 Å². The van der Waals surface area contributed by atoms with Crippen molar-refractivity contribution in [3.63, 3.8) is 0 Å². The van der Waals surface area contributed by atoms with Gasteiger partial charge in [-0.1, -0.05) is 31.9 Å². The van der Waals surface area contributed by atoms with Crippen LogP contribution in [0.3, 0.4) is 0 Å². The summed E-state index contributed by atoms with van der Waals surface area (Å²) in [6, 6.07) is 6.07. The predicted octanol–water partition coefficient (Wildman–Crippen LogP) is 3.56. The summed E-state index contributed by atoms with van der Waals surface area (Å²) in [4.78, 5) is 0. The van der Waals surface area contributed by atoms with Crippen molar-refractivity contribution in [1.82, 2.24) is 4.31 Å². The predicted molar refractivity (Wildman–Crippen MR) is 85.3 cm³/mol. The van der Waals surface area contributed by atoms with Crippen molar-refractivity contribution >= 4 is 10.0 Å². The van der Waals surface area contributed by atoms with E-state index in [1.165, 1.54) is 18.6 Å². The minimum absolute atomic E-state index is 0.0949. The number of fused-ring (bicyclic) bond motifs is 1. The van der Waals surface area contributed by atoms with Crippen LogP contribution in [0, 0.1) is 17.7 Å². The average molecular weight is 325 g/mol. The SMILES string of the molecule is CC1CCN(S(=O)(=O)Cc2cccc(F)c2)C2CCCCC12. The van der Waals surface area contributed by atoms with Crippen LogP contribution in [-0.2, 0) is 15.8 Å². The molecule has 0 bridgehead atoms. The summed E-state index contributed by atoms with van der Waals surface area (Å²) in [5, 5.41) is 0. The van der Waals surface area contributed by atoms with Crippen LogP contribution in [0.2, 0.25) is 0 Å². The lowest BCUT2D eigenvalue weighted by atomic mass is 9.74. The van der Waals surface area contributed by atoms with E-state index in [9.17, 15) is 12.8 Å². The van der Waals surface area contributed by atoms with Gasteiger partial charge in [-0.05, 0) is 48.8 Å². The monoisotopic (exact) mass is 325 g/mol. The summed E-state index contributed by atoms with van der Waals surface area (Å²) < 4.78 is 40.7. The molecule has 3 unspecified atom stereocenters. The van der Waals surface area contributed by atoms with Gasteiger partial charge >= 0.3 is 0 Å². The molecule has 2 aliphatic rings. The highest BCUT2D eigenvalue weighted by Crippen LogP contribution is 2.40. The van der Waals surface area contributed by atoms with Crippen LogP contribution in [0.1, 0.15) is 44.6 Å². The largest absolute Gasteiger partial charge is 0.218 e. The molecular weight excluding hydrogens is 301 g/mol. The number of halogens is 1. The molecule has 0 aromatic heterocycles. The third-order valence-electron chi connectivity index (χ3n) is 5.28. The van der Waals surface area contributed by atoms with E-state index < -0.39 is 10.0 Å². The number of hydrogen-bond donors (Lipinski definition) is 0. The molecular formula is C17H24FNO2S. The first-order valence-corrected chi connectivity index (χ1v) is 9.82. The van der Waals surface area contributed by atoms with Crippen LogP contribution in [0.5, 0.6) is 0 Å². The normalized spacial score (nSPS) is 30.0. The molecule has 0 spiro atoms. The Bertz CT molecular complexity index is 631. The molecule has 1 saturated carbocycles. The minimum atomic E-state index is -3.38. The number of nitrogens with zero attached hydrogens (tertiary/aromatic N) is 1. The van der Waals surface area contributed by atoms with Gasteiger partial charge in [0.2, 0.25) is 10.0 Å². The Morgan fingerprint density at radius 2 is 2.00 bits per heavy atom. The summed E-state index contributed by atoms with van der Waals surface area (Å²) in [6.45, 7) is 2.86. The van der Waals surface area contributed by atoms with E-state index >= 15 is 0 Å². The zero-order valence-corrected chi connectivity index (χ0v) is 13.9. The van der Waals surface area contributed by atoms with Gasteiger partial charge in [-0.3, -0.25) is 0 Å². The molecule has 1 aliphatic carbocycles. The van der Waals surface area contributed by atoms with Crippen LogP contribution in [0.15, 0.2) is 24.3 Å². The Kier molecular flexibility index (Phi) is 4.55. The highest BCUT2D eigenvalue weighted by molar-refractivity contribution is 7.88. The highest BCUT2D eigenvalue weighted by atomic mass is 32.2. The summed E-state index contributed by atoms with van der Waals surface area (Å²) in [5.41, 5.74) is 0.533. The zero-order valence-electron chi connectivity index (χ0n) is 13.0. The topological polar surface area (TPSA) is 37.4 Å². The maximum atomic E-state index is 13.3. The fraction of sp³-hybridized carbons (Fsp3) is 0.647. The molecule has 1 aromatic carbocycles. The van der Waals surface area contributed by atoms with Gasteiger partial charge in [0.05, 0.1) is 5.75 Å². The molecule has 0 radical (unpaired) electrons. The lowest BCUT2D eigenvalue weighted by Gasteiger charge is -2.46. The fourth-order valence-electron chi connectivity index (χ4n) is 4.14. The molecule has 5 heteroatoms. The van der Waals surface area contributed by atoms with Crippen LogP contribution in [0.4, 0.5) is 4.39 Å². The molecule has 1 heterocycles. The Morgan fingerprint density at radius 3 is 2.77 bits per heavy atom. The first-order valence-electron chi connectivity index (χ1n) is 8.21. The number of piperidine rings is 1. The smallest absolute Gasteiger partial charge is 0.212 e. The Labute approximate surface area is 132 Å². The number of rotatable bonds is 3. The molecule has 3 rings (SSSR count). The molecule has 0 N–H and O–H groups in total. The van der Waals surface area contributed by atoms with Gasteiger partial charge in [-0.2, -0.15) is 4.31 Å². The zero-order chi connectivity index (χ0) is 15.7. The molecule has 22 heavy (non-hydrogen) atoms. The second kappa shape index (κ2) is 6.28. The number of sulfonamides is 1. The van der Waals surface area contributed by atoms with Crippen molar-refractivity contribution in [1.29, 1.82) is 0 Å². The summed E-state index contributed by atoms with van der Waals surface area (Å²) in [5.74, 6) is 0.619. The van der Waals surface area contributed by atoms with Crippen LogP contribution >= 0.6 is 0 Å². The standard InChI is InChI=1S/C17H24FNO2S/c1-13-9-10-19(17-8-3-2-7-16(13)17)22(20,21)12-14-5-4-6-15(18)11-14/h4-6,11,13,16-17H,2-3,7-10,12H2,1H3. The van der Waals surface area contributed by atoms with Crippen molar-refractivity contribution < 1.29 is 12.8 Å². The van der Waals surface area contributed by atoms with Gasteiger partial charge in [0.25, 0.3) is 0 Å². The van der Waals surface area contributed by atoms with Gasteiger partial charge in [-0.15, -0.1) is 0 Å². The Morgan fingerprint density at radius 1 is 1.23 bits per heavy atom. The van der Waals surface area contributed by atoms with E-state index in [0.29, 0.717) is 23.9 Å². The van der Waals surface area contributed by atoms with Crippen LogP contribution in [-0.4, -0.2) is 25.3 Å². The maximum absolute atomic E-state index is 13.3. The Hall–Kier alpha value is -0.940. The molecule has 3 nitrogen and oxygen atoms in total. The van der Waals surface area contributed by atoms with Gasteiger partial charge in [0.1, 0.15) is 5.82 Å². The van der Waals surface area contributed by atoms with E-state index in [-0.39, 0.29) is 17.6 Å². The van der Waals surface area contributed by atoms with Crippen LogP contribution in [0.25, 0.3) is 0 Å². The average Bonchev–Trinajstić information content (AvgIpc) is 2.47. The van der Waals surface area contributed by atoms with Gasteiger partial charge < -0.3 is 0 Å². The van der Waals surface area contributed by atoms with Gasteiger partial charge in [0, 0.05) is 12.6 Å². The maximum Gasteiger partial charge on any atom is 0.218 e. The summed E-state index contributed by atoms with van der Waals surface area (Å²) in [6.07, 6.45) is 5.36. The van der Waals surface area contributed by atoms with Crippen molar-refractivity contribution in [2.75, 3.05) is 6.54 Å². The Balaban J connectivity index is 1.81. The lowest BCUT2D eigenvalue weighted by Crippen LogP contribution is -2.52. The molecule has 1 saturated heterocycles. The summed E-state index contributed by atoms with van der Waals surface area (Å²) >= 11 is 0. The minimum Gasteiger partial charge on any atom is -0.212 e. The number of benzene rings is 1. The van der Waals surface area contributed by atoms with E-state index in [2.05, 4.69) is 6.92 Å². The van der Waals surface area contributed by atoms with E-state index in [0.717, 1.165) is 25.7 Å². The highest BCUT2D eigenvalue weighted by Gasteiger charge is 2.42. The third kappa shape index (κ3) is 3.20. The first-order chi connectivity index (χ1) is 10.5. The lowest BCUT2D eigenvalue weighted by molar-refractivity contribution is 0.0826. The molecule has 2 fully saturated rings. The molecule has 122 valence electrons. The van der Waals surface area contributed by atoms with Crippen molar-refractivity contribution in [3.8, 4) is 0 Å². The third-order valence-corrected chi connectivity index (χ3v) is 7.15. The second-order valence-electron chi connectivity index (χ2n) is 6.78. The molecule has 1 aliphatic heterocycles. The summed E-state index contributed by atoms with van der Waals surface area (Å²) in [7, 11) is -3.38. The van der Waals surface area contributed by atoms with E-state index in [1.54, 1.807) is 16.4 Å². The van der Waals surface area contributed by atoms with Crippen molar-refractivity contribution in [2.45, 2.75) is 50.8 Å². The van der Waals surface area contributed by atoms with E-state index in [4.69, 9.17) is 0 Å². The fourth-order valence-corrected chi connectivity index (χ4v) is 5.96. The number of hydrogen-bond acceptors (Lipinski definition) is 2.